The van der Waals surface area contributed by atoms with E-state index in [4.69, 9.17) is 4.74 Å². The number of anilines is 1. The van der Waals surface area contributed by atoms with Gasteiger partial charge in [-0.2, -0.15) is 9.98 Å². The molecule has 0 radical (unpaired) electrons. The third kappa shape index (κ3) is 3.70. The van der Waals surface area contributed by atoms with Crippen LogP contribution in [-0.2, 0) is 5.41 Å². The predicted octanol–water partition coefficient (Wildman–Crippen LogP) is 4.95. The first-order valence-electron chi connectivity index (χ1n) is 6.99. The van der Waals surface area contributed by atoms with Gasteiger partial charge < -0.3 is 10.1 Å². The van der Waals surface area contributed by atoms with Crippen molar-refractivity contribution in [3.05, 3.63) is 42.0 Å². The molecule has 1 aromatic carbocycles. The maximum atomic E-state index is 6.03. The van der Waals surface area contributed by atoms with E-state index in [9.17, 15) is 0 Å². The SMILES string of the molecule is CNc1ccc(N=C=S)c(Oc2ccccc2C(C)(C)C)n1. The Morgan fingerprint density at radius 2 is 1.91 bits per heavy atom. The van der Waals surface area contributed by atoms with Crippen LogP contribution in [0.15, 0.2) is 41.4 Å². The number of pyridine rings is 1. The van der Waals surface area contributed by atoms with Crippen molar-refractivity contribution >= 4 is 28.9 Å². The third-order valence-corrected chi connectivity index (χ3v) is 3.26. The van der Waals surface area contributed by atoms with Crippen molar-refractivity contribution < 1.29 is 4.74 Å². The summed E-state index contributed by atoms with van der Waals surface area (Å²) in [6.45, 7) is 6.42. The van der Waals surface area contributed by atoms with Crippen molar-refractivity contribution in [3.63, 3.8) is 0 Å². The summed E-state index contributed by atoms with van der Waals surface area (Å²) in [5.41, 5.74) is 1.62. The average molecular weight is 313 g/mol. The molecule has 0 saturated carbocycles. The van der Waals surface area contributed by atoms with E-state index < -0.39 is 0 Å². The van der Waals surface area contributed by atoms with E-state index in [1.165, 1.54) is 0 Å². The summed E-state index contributed by atoms with van der Waals surface area (Å²) in [6.07, 6.45) is 0. The molecule has 0 saturated heterocycles. The topological polar surface area (TPSA) is 46.5 Å². The van der Waals surface area contributed by atoms with Crippen LogP contribution in [0.1, 0.15) is 26.3 Å². The molecule has 0 unspecified atom stereocenters. The van der Waals surface area contributed by atoms with E-state index >= 15 is 0 Å². The van der Waals surface area contributed by atoms with Crippen molar-refractivity contribution in [2.45, 2.75) is 26.2 Å². The molecule has 0 atom stereocenters. The fraction of sp³-hybridized carbons (Fsp3) is 0.294. The molecule has 0 bridgehead atoms. The van der Waals surface area contributed by atoms with Gasteiger partial charge in [0.15, 0.2) is 0 Å². The minimum absolute atomic E-state index is 0.0369. The second-order valence-corrected chi connectivity index (χ2v) is 6.00. The minimum Gasteiger partial charge on any atom is -0.437 e. The van der Waals surface area contributed by atoms with E-state index in [0.29, 0.717) is 17.4 Å². The molecule has 2 aromatic rings. The zero-order chi connectivity index (χ0) is 16.2. The van der Waals surface area contributed by atoms with Crippen molar-refractivity contribution in [1.29, 1.82) is 0 Å². The van der Waals surface area contributed by atoms with Crippen LogP contribution in [0.2, 0.25) is 0 Å². The van der Waals surface area contributed by atoms with Gasteiger partial charge in [0.25, 0.3) is 0 Å². The molecule has 1 N–H and O–H groups in total. The standard InChI is InChI=1S/C17H19N3OS/c1-17(2,3)12-7-5-6-8-14(12)21-16-13(19-11-22)9-10-15(18-4)20-16/h5-10H,1-4H3,(H,18,20). The minimum atomic E-state index is -0.0369. The van der Waals surface area contributed by atoms with Crippen LogP contribution in [0.5, 0.6) is 11.6 Å². The predicted molar refractivity (Wildman–Crippen MR) is 93.7 cm³/mol. The summed E-state index contributed by atoms with van der Waals surface area (Å²) in [5, 5.41) is 5.35. The average Bonchev–Trinajstić information content (AvgIpc) is 2.48. The van der Waals surface area contributed by atoms with Gasteiger partial charge in [-0.15, -0.1) is 0 Å². The Balaban J connectivity index is 2.49. The lowest BCUT2D eigenvalue weighted by Crippen LogP contribution is -2.12. The van der Waals surface area contributed by atoms with Crippen LogP contribution in [-0.4, -0.2) is 17.2 Å². The summed E-state index contributed by atoms with van der Waals surface area (Å²) in [5.74, 6) is 1.86. The van der Waals surface area contributed by atoms with E-state index in [2.05, 4.69) is 59.5 Å². The van der Waals surface area contributed by atoms with Gasteiger partial charge in [0.05, 0.1) is 5.16 Å². The fourth-order valence-corrected chi connectivity index (χ4v) is 2.16. The summed E-state index contributed by atoms with van der Waals surface area (Å²) >= 11 is 4.69. The molecule has 1 aromatic heterocycles. The molecule has 4 nitrogen and oxygen atoms in total. The molecule has 22 heavy (non-hydrogen) atoms. The summed E-state index contributed by atoms with van der Waals surface area (Å²) in [7, 11) is 1.80. The van der Waals surface area contributed by atoms with Gasteiger partial charge in [-0.25, -0.2) is 0 Å². The first-order chi connectivity index (χ1) is 10.5. The number of aliphatic imine (C=N–C) groups is 1. The Hall–Kier alpha value is -2.23. The largest absolute Gasteiger partial charge is 0.437 e. The molecular weight excluding hydrogens is 294 g/mol. The maximum absolute atomic E-state index is 6.03. The van der Waals surface area contributed by atoms with Gasteiger partial charge >= 0.3 is 0 Å². The van der Waals surface area contributed by atoms with E-state index in [-0.39, 0.29) is 5.41 Å². The molecule has 0 aliphatic heterocycles. The maximum Gasteiger partial charge on any atom is 0.248 e. The van der Waals surface area contributed by atoms with Crippen molar-refractivity contribution in [2.75, 3.05) is 12.4 Å². The molecular formula is C17H19N3OS. The van der Waals surface area contributed by atoms with Crippen LogP contribution in [0.25, 0.3) is 0 Å². The molecule has 0 fully saturated rings. The van der Waals surface area contributed by atoms with Crippen LogP contribution in [0, 0.1) is 0 Å². The number of isothiocyanates is 1. The fourth-order valence-electron chi connectivity index (χ4n) is 2.06. The van der Waals surface area contributed by atoms with Gasteiger partial charge in [-0.1, -0.05) is 39.0 Å². The molecule has 1 heterocycles. The highest BCUT2D eigenvalue weighted by Gasteiger charge is 2.20. The first-order valence-corrected chi connectivity index (χ1v) is 7.40. The number of thiocarbonyl (C=S) groups is 1. The zero-order valence-electron chi connectivity index (χ0n) is 13.2. The van der Waals surface area contributed by atoms with Crippen molar-refractivity contribution in [3.8, 4) is 11.6 Å². The van der Waals surface area contributed by atoms with Gasteiger partial charge in [0, 0.05) is 12.6 Å². The summed E-state index contributed by atoms with van der Waals surface area (Å²) in [4.78, 5) is 8.43. The molecule has 0 aliphatic rings. The van der Waals surface area contributed by atoms with Crippen LogP contribution < -0.4 is 10.1 Å². The lowest BCUT2D eigenvalue weighted by molar-refractivity contribution is 0.442. The van der Waals surface area contributed by atoms with Crippen LogP contribution >= 0.6 is 12.2 Å². The number of hydrogen-bond donors (Lipinski definition) is 1. The number of para-hydroxylation sites is 1. The Labute approximate surface area is 136 Å². The molecule has 5 heteroatoms. The number of nitrogens with zero attached hydrogens (tertiary/aromatic N) is 2. The normalized spacial score (nSPS) is 10.7. The third-order valence-electron chi connectivity index (χ3n) is 3.16. The monoisotopic (exact) mass is 313 g/mol. The second kappa shape index (κ2) is 6.69. The highest BCUT2D eigenvalue weighted by Crippen LogP contribution is 2.36. The van der Waals surface area contributed by atoms with Gasteiger partial charge in [0.2, 0.25) is 5.88 Å². The number of aromatic nitrogens is 1. The molecule has 0 spiro atoms. The molecule has 114 valence electrons. The number of ether oxygens (including phenoxy) is 1. The quantitative estimate of drug-likeness (QED) is 0.641. The number of hydrogen-bond acceptors (Lipinski definition) is 5. The van der Waals surface area contributed by atoms with E-state index in [1.54, 1.807) is 13.1 Å². The van der Waals surface area contributed by atoms with Crippen LogP contribution in [0.3, 0.4) is 0 Å². The Bertz CT molecular complexity index is 716. The first kappa shape index (κ1) is 16.1. The molecule has 0 amide bonds. The summed E-state index contributed by atoms with van der Waals surface area (Å²) in [6, 6.07) is 11.5. The van der Waals surface area contributed by atoms with Crippen LogP contribution in [0.4, 0.5) is 11.5 Å². The Kier molecular flexibility index (Phi) is 4.91. The van der Waals surface area contributed by atoms with Gasteiger partial charge in [-0.3, -0.25) is 0 Å². The lowest BCUT2D eigenvalue weighted by Gasteiger charge is -2.22. The molecule has 0 aliphatic carbocycles. The highest BCUT2D eigenvalue weighted by atomic mass is 32.1. The van der Waals surface area contributed by atoms with E-state index in [0.717, 1.165) is 11.3 Å². The van der Waals surface area contributed by atoms with Crippen molar-refractivity contribution in [1.82, 2.24) is 4.98 Å². The number of benzene rings is 1. The lowest BCUT2D eigenvalue weighted by atomic mass is 9.86. The number of nitrogens with one attached hydrogen (secondary N) is 1. The summed E-state index contributed by atoms with van der Waals surface area (Å²) < 4.78 is 6.03. The van der Waals surface area contributed by atoms with Crippen molar-refractivity contribution in [2.24, 2.45) is 4.99 Å². The van der Waals surface area contributed by atoms with Gasteiger partial charge in [-0.05, 0) is 35.8 Å². The highest BCUT2D eigenvalue weighted by molar-refractivity contribution is 7.78. The van der Waals surface area contributed by atoms with Gasteiger partial charge in [0.1, 0.15) is 17.3 Å². The number of rotatable bonds is 4. The zero-order valence-corrected chi connectivity index (χ0v) is 14.0. The molecule has 2 rings (SSSR count). The van der Waals surface area contributed by atoms with E-state index in [1.807, 2.05) is 24.3 Å². The Morgan fingerprint density at radius 3 is 2.55 bits per heavy atom. The second-order valence-electron chi connectivity index (χ2n) is 5.82. The Morgan fingerprint density at radius 1 is 1.18 bits per heavy atom. The smallest absolute Gasteiger partial charge is 0.248 e.